The molecule has 1 aliphatic heterocycles. The zero-order valence-corrected chi connectivity index (χ0v) is 18.5. The molecule has 0 N–H and O–H groups in total. The number of ether oxygens (including phenoxy) is 4. The highest BCUT2D eigenvalue weighted by atomic mass is 16.7. The van der Waals surface area contributed by atoms with Crippen molar-refractivity contribution in [3.63, 3.8) is 0 Å². The van der Waals surface area contributed by atoms with Crippen molar-refractivity contribution in [2.75, 3.05) is 6.61 Å². The predicted octanol–water partition coefficient (Wildman–Crippen LogP) is 0.301. The Labute approximate surface area is 192 Å². The Balaban J connectivity index is 1.76. The predicted molar refractivity (Wildman–Crippen MR) is 113 cm³/mol. The highest BCUT2D eigenvalue weighted by molar-refractivity contribution is 5.78. The monoisotopic (exact) mass is 471 g/mol. The normalized spacial score (nSPS) is 21.9. The minimum Gasteiger partial charge on any atom is -0.463 e. The van der Waals surface area contributed by atoms with Crippen LogP contribution >= 0.6 is 0 Å². The number of hydrogen-bond acceptors (Lipinski definition) is 11. The number of carbonyl (C=O) groups excluding carboxylic acids is 3. The number of imidazole rings is 1. The zero-order valence-electron chi connectivity index (χ0n) is 18.5. The van der Waals surface area contributed by atoms with Gasteiger partial charge in [-0.25, -0.2) is 15.0 Å². The summed E-state index contributed by atoms with van der Waals surface area (Å²) in [7, 11) is 0. The largest absolute Gasteiger partial charge is 0.463 e. The molecule has 178 valence electrons. The van der Waals surface area contributed by atoms with Crippen LogP contribution < -0.4 is 5.43 Å². The Bertz CT molecular complexity index is 1280. The Morgan fingerprint density at radius 2 is 1.65 bits per heavy atom. The second-order valence-electron chi connectivity index (χ2n) is 7.48. The molecule has 0 aromatic carbocycles. The molecule has 0 amide bonds. The highest BCUT2D eigenvalue weighted by Crippen LogP contribution is 2.36. The van der Waals surface area contributed by atoms with Crippen LogP contribution in [0, 0.1) is 0 Å². The molecule has 0 bridgehead atoms. The van der Waals surface area contributed by atoms with Crippen LogP contribution in [0.25, 0.3) is 17.0 Å². The number of pyridine rings is 1. The lowest BCUT2D eigenvalue weighted by Gasteiger charge is -2.23. The van der Waals surface area contributed by atoms with E-state index in [-0.39, 0.29) is 12.0 Å². The minimum absolute atomic E-state index is 0.161. The molecule has 3 aromatic heterocycles. The SMILES string of the molecule is CC(=O)OC[C@H]1O[C@@H](n2cnc3c(-n4ccc(=O)cc4)ncnc32)[C@@H](OC(C)=O)C1OC(C)=O. The molecule has 0 aliphatic carbocycles. The molecule has 4 heterocycles. The van der Waals surface area contributed by atoms with Crippen molar-refractivity contribution in [3.05, 3.63) is 47.4 Å². The van der Waals surface area contributed by atoms with Gasteiger partial charge < -0.3 is 23.5 Å². The molecule has 4 atom stereocenters. The van der Waals surface area contributed by atoms with Gasteiger partial charge in [0.25, 0.3) is 0 Å². The summed E-state index contributed by atoms with van der Waals surface area (Å²) in [5.41, 5.74) is 0.551. The third-order valence-electron chi connectivity index (χ3n) is 5.00. The number of aromatic nitrogens is 5. The molecule has 1 unspecified atom stereocenters. The van der Waals surface area contributed by atoms with Crippen LogP contribution in [0.15, 0.2) is 42.0 Å². The second-order valence-corrected chi connectivity index (χ2v) is 7.48. The maximum absolute atomic E-state index is 11.9. The van der Waals surface area contributed by atoms with Crippen molar-refractivity contribution in [2.45, 2.75) is 45.3 Å². The first-order valence-corrected chi connectivity index (χ1v) is 10.2. The summed E-state index contributed by atoms with van der Waals surface area (Å²) in [5.74, 6) is -1.41. The molecule has 0 radical (unpaired) electrons. The summed E-state index contributed by atoms with van der Waals surface area (Å²) in [6.45, 7) is 3.42. The number of fused-ring (bicyclic) bond motifs is 1. The third-order valence-corrected chi connectivity index (χ3v) is 5.00. The van der Waals surface area contributed by atoms with Crippen molar-refractivity contribution in [3.8, 4) is 5.82 Å². The lowest BCUT2D eigenvalue weighted by Crippen LogP contribution is -2.40. The highest BCUT2D eigenvalue weighted by Gasteiger charge is 2.51. The van der Waals surface area contributed by atoms with Crippen LogP contribution in [0.1, 0.15) is 27.0 Å². The first-order valence-electron chi connectivity index (χ1n) is 10.2. The van der Waals surface area contributed by atoms with Crippen molar-refractivity contribution in [2.24, 2.45) is 0 Å². The molecule has 1 saturated heterocycles. The van der Waals surface area contributed by atoms with Gasteiger partial charge in [-0.2, -0.15) is 0 Å². The van der Waals surface area contributed by atoms with E-state index < -0.39 is 42.4 Å². The van der Waals surface area contributed by atoms with Gasteiger partial charge in [0, 0.05) is 45.3 Å². The maximum atomic E-state index is 11.9. The van der Waals surface area contributed by atoms with E-state index in [1.54, 1.807) is 17.0 Å². The molecule has 13 nitrogen and oxygen atoms in total. The molecule has 13 heteroatoms. The average molecular weight is 471 g/mol. The van der Waals surface area contributed by atoms with Crippen LogP contribution in [0.2, 0.25) is 0 Å². The molecule has 0 saturated carbocycles. The molecular weight excluding hydrogens is 450 g/mol. The minimum atomic E-state index is -1.08. The quantitative estimate of drug-likeness (QED) is 0.360. The Morgan fingerprint density at radius 1 is 0.971 bits per heavy atom. The Hall–Kier alpha value is -4.13. The fourth-order valence-electron chi connectivity index (χ4n) is 3.69. The van der Waals surface area contributed by atoms with Crippen molar-refractivity contribution < 1.29 is 33.3 Å². The lowest BCUT2D eigenvalue weighted by atomic mass is 10.1. The summed E-state index contributed by atoms with van der Waals surface area (Å²) in [6.07, 6.45) is 1.77. The van der Waals surface area contributed by atoms with E-state index in [0.717, 1.165) is 0 Å². The summed E-state index contributed by atoms with van der Waals surface area (Å²) < 4.78 is 25.1. The van der Waals surface area contributed by atoms with Crippen LogP contribution in [0.3, 0.4) is 0 Å². The first kappa shape index (κ1) is 23.0. The summed E-state index contributed by atoms with van der Waals surface area (Å²) in [6, 6.07) is 2.76. The van der Waals surface area contributed by atoms with Gasteiger partial charge in [0.05, 0.1) is 6.33 Å². The molecule has 1 aliphatic rings. The van der Waals surface area contributed by atoms with E-state index >= 15 is 0 Å². The second kappa shape index (κ2) is 9.39. The van der Waals surface area contributed by atoms with E-state index in [1.165, 1.54) is 50.1 Å². The molecule has 3 aromatic rings. The standard InChI is InChI=1S/C21H21N5O8/c1-11(27)31-8-15-17(32-12(2)28)18(33-13(3)29)21(34-15)26-10-24-16-19(22-9-23-20(16)26)25-6-4-14(30)5-7-25/h4-7,9-10,15,17-18,21H,8H2,1-3H3/t15-,17?,18+,21-/m1/s1. The van der Waals surface area contributed by atoms with Gasteiger partial charge in [0.1, 0.15) is 19.0 Å². The van der Waals surface area contributed by atoms with Crippen molar-refractivity contribution in [1.29, 1.82) is 0 Å². The van der Waals surface area contributed by atoms with E-state index in [9.17, 15) is 19.2 Å². The number of nitrogens with zero attached hydrogens (tertiary/aromatic N) is 5. The average Bonchev–Trinajstić information content (AvgIpc) is 3.34. The maximum Gasteiger partial charge on any atom is 0.303 e. The summed E-state index contributed by atoms with van der Waals surface area (Å²) >= 11 is 0. The molecule has 4 rings (SSSR count). The van der Waals surface area contributed by atoms with Gasteiger partial charge in [0.2, 0.25) is 0 Å². The third kappa shape index (κ3) is 4.64. The van der Waals surface area contributed by atoms with Gasteiger partial charge >= 0.3 is 17.9 Å². The smallest absolute Gasteiger partial charge is 0.303 e. The first-order chi connectivity index (χ1) is 16.2. The van der Waals surface area contributed by atoms with E-state index in [2.05, 4.69) is 15.0 Å². The lowest BCUT2D eigenvalue weighted by molar-refractivity contribution is -0.166. The van der Waals surface area contributed by atoms with Gasteiger partial charge in [0.15, 0.2) is 40.8 Å². The van der Waals surface area contributed by atoms with E-state index in [1.807, 2.05) is 0 Å². The molecule has 34 heavy (non-hydrogen) atoms. The fourth-order valence-corrected chi connectivity index (χ4v) is 3.69. The van der Waals surface area contributed by atoms with Crippen LogP contribution in [0.5, 0.6) is 0 Å². The van der Waals surface area contributed by atoms with E-state index in [4.69, 9.17) is 18.9 Å². The van der Waals surface area contributed by atoms with Gasteiger partial charge in [-0.3, -0.25) is 23.7 Å². The summed E-state index contributed by atoms with van der Waals surface area (Å²) in [5, 5.41) is 0. The number of esters is 3. The molecular formula is C21H21N5O8. The summed E-state index contributed by atoms with van der Waals surface area (Å²) in [4.78, 5) is 59.4. The van der Waals surface area contributed by atoms with Crippen LogP contribution in [0.4, 0.5) is 0 Å². The molecule has 0 spiro atoms. The number of carbonyl (C=O) groups is 3. The number of rotatable bonds is 6. The molecule has 1 fully saturated rings. The Kier molecular flexibility index (Phi) is 6.36. The number of hydrogen-bond donors (Lipinski definition) is 0. The van der Waals surface area contributed by atoms with Crippen molar-refractivity contribution in [1.82, 2.24) is 24.1 Å². The van der Waals surface area contributed by atoms with Gasteiger partial charge in [-0.15, -0.1) is 0 Å². The van der Waals surface area contributed by atoms with E-state index in [0.29, 0.717) is 17.0 Å². The van der Waals surface area contributed by atoms with Crippen LogP contribution in [-0.4, -0.2) is 66.9 Å². The Morgan fingerprint density at radius 3 is 2.29 bits per heavy atom. The van der Waals surface area contributed by atoms with Gasteiger partial charge in [-0.1, -0.05) is 0 Å². The topological polar surface area (TPSA) is 154 Å². The zero-order chi connectivity index (χ0) is 24.4. The van der Waals surface area contributed by atoms with Gasteiger partial charge in [-0.05, 0) is 0 Å². The fraction of sp³-hybridized carbons (Fsp3) is 0.381. The van der Waals surface area contributed by atoms with Crippen LogP contribution in [-0.2, 0) is 33.3 Å². The van der Waals surface area contributed by atoms with Crippen molar-refractivity contribution >= 4 is 29.1 Å².